The smallest absolute Gasteiger partial charge is 0.409 e. The number of carbonyl (C=O) groups excluding carboxylic acids is 2. The highest BCUT2D eigenvalue weighted by atomic mass is 35.5. The molecule has 1 heterocycles. The number of hydrogen-bond acceptors (Lipinski definition) is 9. The molecule has 0 saturated heterocycles. The van der Waals surface area contributed by atoms with Crippen LogP contribution in [0.15, 0.2) is 103 Å². The molecule has 47 heavy (non-hydrogen) atoms. The summed E-state index contributed by atoms with van der Waals surface area (Å²) < 4.78 is 26.5. The summed E-state index contributed by atoms with van der Waals surface area (Å²) in [6, 6.07) is 28.4. The van der Waals surface area contributed by atoms with E-state index in [9.17, 15) is 9.59 Å². The average Bonchev–Trinajstić information content (AvgIpc) is 3.57. The van der Waals surface area contributed by atoms with Crippen molar-refractivity contribution in [3.63, 3.8) is 0 Å². The van der Waals surface area contributed by atoms with Crippen LogP contribution in [0.2, 0.25) is 0 Å². The Morgan fingerprint density at radius 1 is 0.745 bits per heavy atom. The lowest BCUT2D eigenvalue weighted by Gasteiger charge is -2.11. The third kappa shape index (κ3) is 11.3. The number of hydrogen-bond donors (Lipinski definition) is 0. The summed E-state index contributed by atoms with van der Waals surface area (Å²) in [6.45, 7) is 2.34. The van der Waals surface area contributed by atoms with Crippen molar-refractivity contribution < 1.29 is 33.3 Å². The monoisotopic (exact) mass is 656 g/mol. The van der Waals surface area contributed by atoms with E-state index in [0.717, 1.165) is 11.5 Å². The number of carbonyl (C=O) groups is 2. The molecule has 5 aromatic rings. The van der Waals surface area contributed by atoms with Gasteiger partial charge in [-0.1, -0.05) is 81.1 Å². The summed E-state index contributed by atoms with van der Waals surface area (Å²) in [4.78, 5) is 30.8. The first kappa shape index (κ1) is 34.7. The zero-order valence-corrected chi connectivity index (χ0v) is 27.3. The minimum absolute atomic E-state index is 0.155. The molecule has 0 amide bonds. The number of fused-ring (bicyclic) bond motifs is 1. The van der Waals surface area contributed by atoms with Crippen molar-refractivity contribution in [1.29, 1.82) is 0 Å². The fraction of sp³-hybridized carbons (Fsp3) is 0.243. The molecule has 0 unspecified atom stereocenters. The number of aromatic nitrogens is 2. The van der Waals surface area contributed by atoms with Crippen molar-refractivity contribution in [1.82, 2.24) is 9.97 Å². The lowest BCUT2D eigenvalue weighted by atomic mass is 10.1. The molecule has 0 bridgehead atoms. The molecule has 0 aliphatic heterocycles. The SMILES string of the molecule is CC1CCCC1.COc1cc2ncnc(Oc3ccc(CC(=O)Oc4ccccc4)cc3)c2cc1OC.O=C(Cl)Oc1ccccc1. The van der Waals surface area contributed by atoms with Gasteiger partial charge < -0.3 is 23.7 Å². The average molecular weight is 657 g/mol. The van der Waals surface area contributed by atoms with Gasteiger partial charge >= 0.3 is 11.4 Å². The Bertz CT molecular complexity index is 1710. The van der Waals surface area contributed by atoms with E-state index < -0.39 is 5.43 Å². The lowest BCUT2D eigenvalue weighted by molar-refractivity contribution is -0.133. The highest BCUT2D eigenvalue weighted by molar-refractivity contribution is 6.61. The van der Waals surface area contributed by atoms with Crippen LogP contribution in [0, 0.1) is 5.92 Å². The maximum absolute atomic E-state index is 12.1. The first-order chi connectivity index (χ1) is 22.8. The van der Waals surface area contributed by atoms with Gasteiger partial charge in [0.1, 0.15) is 23.6 Å². The number of rotatable bonds is 8. The highest BCUT2D eigenvalue weighted by Gasteiger charge is 2.13. The van der Waals surface area contributed by atoms with E-state index in [-0.39, 0.29) is 12.4 Å². The minimum Gasteiger partial charge on any atom is -0.493 e. The topological polar surface area (TPSA) is 106 Å². The number of ether oxygens (including phenoxy) is 5. The molecule has 1 aliphatic rings. The molecule has 0 spiro atoms. The molecular formula is C37H37ClN2O7. The van der Waals surface area contributed by atoms with E-state index in [4.69, 9.17) is 30.5 Å². The van der Waals surface area contributed by atoms with Gasteiger partial charge in [0.2, 0.25) is 5.88 Å². The van der Waals surface area contributed by atoms with Crippen molar-refractivity contribution in [2.45, 2.75) is 39.0 Å². The van der Waals surface area contributed by atoms with E-state index in [1.54, 1.807) is 74.9 Å². The number of esters is 1. The second kappa shape index (κ2) is 18.1. The Morgan fingerprint density at radius 3 is 1.85 bits per heavy atom. The van der Waals surface area contributed by atoms with Crippen molar-refractivity contribution in [2.24, 2.45) is 5.92 Å². The zero-order chi connectivity index (χ0) is 33.4. The minimum atomic E-state index is -0.814. The summed E-state index contributed by atoms with van der Waals surface area (Å²) in [6.07, 6.45) is 7.53. The zero-order valence-electron chi connectivity index (χ0n) is 26.6. The molecule has 1 aromatic heterocycles. The third-order valence-corrected chi connectivity index (χ3v) is 7.23. The Labute approximate surface area is 279 Å². The number of halogens is 1. The van der Waals surface area contributed by atoms with Crippen LogP contribution in [-0.2, 0) is 11.2 Å². The number of nitrogens with zero attached hydrogens (tertiary/aromatic N) is 2. The van der Waals surface area contributed by atoms with Gasteiger partial charge in [0, 0.05) is 17.7 Å². The van der Waals surface area contributed by atoms with E-state index in [2.05, 4.69) is 21.6 Å². The second-order valence-corrected chi connectivity index (χ2v) is 11.0. The van der Waals surface area contributed by atoms with Gasteiger partial charge in [-0.2, -0.15) is 0 Å². The Morgan fingerprint density at radius 2 is 1.32 bits per heavy atom. The van der Waals surface area contributed by atoms with Gasteiger partial charge in [-0.05, 0) is 53.9 Å². The quantitative estimate of drug-likeness (QED) is 0.0917. The number of benzene rings is 4. The molecule has 244 valence electrons. The maximum Gasteiger partial charge on any atom is 0.409 e. The van der Waals surface area contributed by atoms with Gasteiger partial charge in [-0.15, -0.1) is 0 Å². The predicted molar refractivity (Wildman–Crippen MR) is 181 cm³/mol. The fourth-order valence-corrected chi connectivity index (χ4v) is 4.85. The molecule has 4 aromatic carbocycles. The first-order valence-electron chi connectivity index (χ1n) is 15.2. The summed E-state index contributed by atoms with van der Waals surface area (Å²) in [7, 11) is 3.13. The van der Waals surface area contributed by atoms with E-state index in [0.29, 0.717) is 45.5 Å². The Hall–Kier alpha value is -5.15. The van der Waals surface area contributed by atoms with Crippen LogP contribution >= 0.6 is 11.6 Å². The van der Waals surface area contributed by atoms with Crippen molar-refractivity contribution in [2.75, 3.05) is 14.2 Å². The molecule has 1 fully saturated rings. The van der Waals surface area contributed by atoms with Crippen LogP contribution in [-0.4, -0.2) is 35.6 Å². The molecule has 10 heteroatoms. The molecule has 0 radical (unpaired) electrons. The van der Waals surface area contributed by atoms with Gasteiger partial charge in [0.25, 0.3) is 0 Å². The van der Waals surface area contributed by atoms with Crippen molar-refractivity contribution in [3.05, 3.63) is 109 Å². The standard InChI is InChI=1S/C24H20N2O5.C7H5ClO2.C6H12/c1-28-21-13-19-20(14-22(21)29-2)25-15-26-24(19)31-18-10-8-16(9-11-18)12-23(27)30-17-6-4-3-5-7-17;8-7(9)10-6-4-2-1-3-5-6;1-6-4-2-3-5-6/h3-11,13-15H,12H2,1-2H3;1-5H;6H,2-5H2,1H3. The number of methoxy groups -OCH3 is 2. The maximum atomic E-state index is 12.1. The predicted octanol–water partition coefficient (Wildman–Crippen LogP) is 9.21. The third-order valence-electron chi connectivity index (χ3n) is 7.15. The normalized spacial score (nSPS) is 12.1. The highest BCUT2D eigenvalue weighted by Crippen LogP contribution is 2.35. The van der Waals surface area contributed by atoms with Crippen LogP contribution in [0.5, 0.6) is 34.6 Å². The van der Waals surface area contributed by atoms with Crippen LogP contribution in [0.4, 0.5) is 4.79 Å². The van der Waals surface area contributed by atoms with Gasteiger partial charge in [0.05, 0.1) is 31.5 Å². The lowest BCUT2D eigenvalue weighted by Crippen LogP contribution is -2.11. The summed E-state index contributed by atoms with van der Waals surface area (Å²) in [5.74, 6) is 3.80. The Balaban J connectivity index is 0.000000254. The van der Waals surface area contributed by atoms with E-state index in [1.807, 2.05) is 36.4 Å². The second-order valence-electron chi connectivity index (χ2n) is 10.7. The molecule has 1 saturated carbocycles. The van der Waals surface area contributed by atoms with Gasteiger partial charge in [-0.3, -0.25) is 4.79 Å². The van der Waals surface area contributed by atoms with E-state index >= 15 is 0 Å². The summed E-state index contributed by atoms with van der Waals surface area (Å²) in [5, 5.41) is 0.690. The van der Waals surface area contributed by atoms with Crippen molar-refractivity contribution in [3.8, 4) is 34.6 Å². The van der Waals surface area contributed by atoms with Crippen LogP contribution in [0.3, 0.4) is 0 Å². The fourth-order valence-electron chi connectivity index (χ4n) is 4.76. The molecule has 0 N–H and O–H groups in total. The van der Waals surface area contributed by atoms with Crippen molar-refractivity contribution >= 4 is 33.9 Å². The molecule has 0 atom stereocenters. The summed E-state index contributed by atoms with van der Waals surface area (Å²) >= 11 is 4.95. The molecule has 6 rings (SSSR count). The number of para-hydroxylation sites is 2. The van der Waals surface area contributed by atoms with Gasteiger partial charge in [0.15, 0.2) is 11.5 Å². The first-order valence-corrected chi connectivity index (χ1v) is 15.5. The van der Waals surface area contributed by atoms with Crippen LogP contribution in [0.1, 0.15) is 38.2 Å². The van der Waals surface area contributed by atoms with Crippen LogP contribution < -0.4 is 23.7 Å². The van der Waals surface area contributed by atoms with Gasteiger partial charge in [-0.25, -0.2) is 14.8 Å². The van der Waals surface area contributed by atoms with E-state index in [1.165, 1.54) is 32.0 Å². The Kier molecular flexibility index (Phi) is 13.4. The molecule has 9 nitrogen and oxygen atoms in total. The molecular weight excluding hydrogens is 620 g/mol. The molecule has 1 aliphatic carbocycles. The summed E-state index contributed by atoms with van der Waals surface area (Å²) in [5.41, 5.74) is 0.668. The van der Waals surface area contributed by atoms with Crippen LogP contribution in [0.25, 0.3) is 10.9 Å². The largest absolute Gasteiger partial charge is 0.493 e.